The molecule has 1 aromatic carbocycles. The second kappa shape index (κ2) is 7.42. The smallest absolute Gasteiger partial charge is 0.235 e. The Balaban J connectivity index is 1.82. The van der Waals surface area contributed by atoms with Crippen LogP contribution in [0.25, 0.3) is 0 Å². The van der Waals surface area contributed by atoms with E-state index in [2.05, 4.69) is 42.7 Å². The van der Waals surface area contributed by atoms with Crippen LogP contribution in [0.5, 0.6) is 0 Å². The third-order valence-corrected chi connectivity index (χ3v) is 4.71. The van der Waals surface area contributed by atoms with Gasteiger partial charge in [0.2, 0.25) is 5.91 Å². The summed E-state index contributed by atoms with van der Waals surface area (Å²) >= 11 is 0. The molecule has 4 heteroatoms. The SMILES string of the molecule is CC(NCC(=O)NC1(C#N)CCCC1)C(C)c1ccccc1. The van der Waals surface area contributed by atoms with Crippen LogP contribution >= 0.6 is 0 Å². The quantitative estimate of drug-likeness (QED) is 0.849. The van der Waals surface area contributed by atoms with Gasteiger partial charge in [-0.1, -0.05) is 37.3 Å². The van der Waals surface area contributed by atoms with Gasteiger partial charge in [0.25, 0.3) is 0 Å². The van der Waals surface area contributed by atoms with Crippen LogP contribution in [-0.4, -0.2) is 24.0 Å². The molecular weight excluding hydrogens is 274 g/mol. The fourth-order valence-corrected chi connectivity index (χ4v) is 3.03. The molecule has 1 aliphatic carbocycles. The molecule has 4 nitrogen and oxygen atoms in total. The number of nitrogens with zero attached hydrogens (tertiary/aromatic N) is 1. The molecular formula is C18H25N3O. The average Bonchev–Trinajstić information content (AvgIpc) is 3.01. The Morgan fingerprint density at radius 2 is 1.91 bits per heavy atom. The summed E-state index contributed by atoms with van der Waals surface area (Å²) in [7, 11) is 0. The van der Waals surface area contributed by atoms with E-state index < -0.39 is 5.54 Å². The van der Waals surface area contributed by atoms with E-state index in [-0.39, 0.29) is 18.5 Å². The van der Waals surface area contributed by atoms with Crippen molar-refractivity contribution in [2.45, 2.75) is 57.0 Å². The fraction of sp³-hybridized carbons (Fsp3) is 0.556. The van der Waals surface area contributed by atoms with E-state index in [0.29, 0.717) is 5.92 Å². The van der Waals surface area contributed by atoms with E-state index in [1.807, 2.05) is 18.2 Å². The lowest BCUT2D eigenvalue weighted by Gasteiger charge is -2.25. The molecule has 0 aromatic heterocycles. The third-order valence-electron chi connectivity index (χ3n) is 4.71. The topological polar surface area (TPSA) is 64.9 Å². The van der Waals surface area contributed by atoms with Crippen molar-refractivity contribution in [3.8, 4) is 6.07 Å². The van der Waals surface area contributed by atoms with Crippen LogP contribution in [-0.2, 0) is 4.79 Å². The summed E-state index contributed by atoms with van der Waals surface area (Å²) in [6.45, 7) is 4.49. The van der Waals surface area contributed by atoms with Crippen molar-refractivity contribution in [3.63, 3.8) is 0 Å². The second-order valence-electron chi connectivity index (χ2n) is 6.32. The molecule has 1 saturated carbocycles. The van der Waals surface area contributed by atoms with Crippen molar-refractivity contribution in [1.29, 1.82) is 5.26 Å². The molecule has 2 N–H and O–H groups in total. The number of hydrogen-bond acceptors (Lipinski definition) is 3. The minimum absolute atomic E-state index is 0.0874. The van der Waals surface area contributed by atoms with E-state index >= 15 is 0 Å². The van der Waals surface area contributed by atoms with E-state index in [1.165, 1.54) is 5.56 Å². The summed E-state index contributed by atoms with van der Waals surface area (Å²) in [5.41, 5.74) is 0.625. The molecule has 0 bridgehead atoms. The van der Waals surface area contributed by atoms with Crippen LogP contribution in [0.3, 0.4) is 0 Å². The zero-order chi connectivity index (χ0) is 16.0. The maximum absolute atomic E-state index is 12.1. The van der Waals surface area contributed by atoms with Crippen molar-refractivity contribution >= 4 is 5.91 Å². The van der Waals surface area contributed by atoms with Crippen LogP contribution in [0.15, 0.2) is 30.3 Å². The molecule has 2 rings (SSSR count). The number of hydrogen-bond donors (Lipinski definition) is 2. The zero-order valence-corrected chi connectivity index (χ0v) is 13.4. The summed E-state index contributed by atoms with van der Waals surface area (Å²) in [6.07, 6.45) is 3.57. The summed E-state index contributed by atoms with van der Waals surface area (Å²) in [5, 5.41) is 15.5. The number of rotatable bonds is 6. The van der Waals surface area contributed by atoms with Crippen LogP contribution in [0.2, 0.25) is 0 Å². The molecule has 0 saturated heterocycles. The van der Waals surface area contributed by atoms with Gasteiger partial charge in [-0.2, -0.15) is 5.26 Å². The minimum atomic E-state index is -0.632. The first kappa shape index (κ1) is 16.5. The second-order valence-corrected chi connectivity index (χ2v) is 6.32. The van der Waals surface area contributed by atoms with Crippen molar-refractivity contribution in [2.24, 2.45) is 0 Å². The summed E-state index contributed by atoms with van der Waals surface area (Å²) in [4.78, 5) is 12.1. The number of nitrogens with one attached hydrogen (secondary N) is 2. The van der Waals surface area contributed by atoms with Gasteiger partial charge in [0, 0.05) is 6.04 Å². The Labute approximate surface area is 132 Å². The van der Waals surface area contributed by atoms with Gasteiger partial charge in [-0.05, 0) is 44.1 Å². The zero-order valence-electron chi connectivity index (χ0n) is 13.4. The first-order chi connectivity index (χ1) is 10.6. The third kappa shape index (κ3) is 4.08. The number of nitriles is 1. The summed E-state index contributed by atoms with van der Waals surface area (Å²) in [5.74, 6) is 0.237. The first-order valence-electron chi connectivity index (χ1n) is 8.07. The molecule has 0 radical (unpaired) electrons. The van der Waals surface area contributed by atoms with E-state index in [0.717, 1.165) is 25.7 Å². The average molecular weight is 299 g/mol. The number of carbonyl (C=O) groups excluding carboxylic acids is 1. The maximum Gasteiger partial charge on any atom is 0.235 e. The Morgan fingerprint density at radius 3 is 2.50 bits per heavy atom. The van der Waals surface area contributed by atoms with Crippen molar-refractivity contribution in [3.05, 3.63) is 35.9 Å². The molecule has 22 heavy (non-hydrogen) atoms. The highest BCUT2D eigenvalue weighted by atomic mass is 16.2. The Kier molecular flexibility index (Phi) is 5.57. The van der Waals surface area contributed by atoms with Gasteiger partial charge in [0.15, 0.2) is 0 Å². The van der Waals surface area contributed by atoms with Crippen LogP contribution in [0.1, 0.15) is 51.0 Å². The molecule has 0 heterocycles. The van der Waals surface area contributed by atoms with Crippen LogP contribution in [0, 0.1) is 11.3 Å². The number of amides is 1. The predicted molar refractivity (Wildman–Crippen MR) is 87.3 cm³/mol. The molecule has 1 fully saturated rings. The molecule has 1 aliphatic rings. The van der Waals surface area contributed by atoms with E-state index in [4.69, 9.17) is 0 Å². The normalized spacial score (nSPS) is 19.1. The van der Waals surface area contributed by atoms with Crippen molar-refractivity contribution in [2.75, 3.05) is 6.54 Å². The molecule has 0 spiro atoms. The minimum Gasteiger partial charge on any atom is -0.337 e. The number of carbonyl (C=O) groups is 1. The predicted octanol–water partition coefficient (Wildman–Crippen LogP) is 2.72. The van der Waals surface area contributed by atoms with Gasteiger partial charge in [0.05, 0.1) is 12.6 Å². The lowest BCUT2D eigenvalue weighted by molar-refractivity contribution is -0.121. The fourth-order valence-electron chi connectivity index (χ4n) is 3.03. The van der Waals surface area contributed by atoms with E-state index in [9.17, 15) is 10.1 Å². The highest BCUT2D eigenvalue weighted by Crippen LogP contribution is 2.28. The Bertz CT molecular complexity index is 529. The van der Waals surface area contributed by atoms with E-state index in [1.54, 1.807) is 0 Å². The van der Waals surface area contributed by atoms with Gasteiger partial charge >= 0.3 is 0 Å². The standard InChI is InChI=1S/C18H25N3O/c1-14(16-8-4-3-5-9-16)15(2)20-12-17(22)21-18(13-19)10-6-7-11-18/h3-5,8-9,14-15,20H,6-7,10-12H2,1-2H3,(H,21,22). The van der Waals surface area contributed by atoms with Crippen LogP contribution in [0.4, 0.5) is 0 Å². The van der Waals surface area contributed by atoms with Gasteiger partial charge in [-0.3, -0.25) is 4.79 Å². The van der Waals surface area contributed by atoms with Crippen molar-refractivity contribution < 1.29 is 4.79 Å². The maximum atomic E-state index is 12.1. The lowest BCUT2D eigenvalue weighted by Crippen LogP contribution is -2.49. The molecule has 2 atom stereocenters. The molecule has 0 aliphatic heterocycles. The van der Waals surface area contributed by atoms with Gasteiger partial charge in [-0.15, -0.1) is 0 Å². The molecule has 2 unspecified atom stereocenters. The van der Waals surface area contributed by atoms with Crippen LogP contribution < -0.4 is 10.6 Å². The molecule has 1 aromatic rings. The lowest BCUT2D eigenvalue weighted by atomic mass is 9.94. The number of benzene rings is 1. The van der Waals surface area contributed by atoms with Crippen molar-refractivity contribution in [1.82, 2.24) is 10.6 Å². The largest absolute Gasteiger partial charge is 0.337 e. The van der Waals surface area contributed by atoms with Gasteiger partial charge in [-0.25, -0.2) is 0 Å². The molecule has 1 amide bonds. The Hall–Kier alpha value is -1.86. The van der Waals surface area contributed by atoms with Gasteiger partial charge < -0.3 is 10.6 Å². The molecule has 118 valence electrons. The highest BCUT2D eigenvalue weighted by Gasteiger charge is 2.35. The summed E-state index contributed by atoms with van der Waals surface area (Å²) < 4.78 is 0. The summed E-state index contributed by atoms with van der Waals surface area (Å²) in [6, 6.07) is 12.7. The first-order valence-corrected chi connectivity index (χ1v) is 8.07. The monoisotopic (exact) mass is 299 g/mol. The Morgan fingerprint density at radius 1 is 1.27 bits per heavy atom. The van der Waals surface area contributed by atoms with Gasteiger partial charge in [0.1, 0.15) is 5.54 Å². The highest BCUT2D eigenvalue weighted by molar-refractivity contribution is 5.79.